The van der Waals surface area contributed by atoms with Crippen LogP contribution in [0.4, 0.5) is 5.82 Å². The highest BCUT2D eigenvalue weighted by atomic mass is 16.6. The zero-order valence-electron chi connectivity index (χ0n) is 11.6. The molecular formula is C12H17N5O4. The quantitative estimate of drug-likeness (QED) is 0.560. The van der Waals surface area contributed by atoms with Crippen LogP contribution in [0.15, 0.2) is 12.7 Å². The molecule has 0 unspecified atom stereocenters. The van der Waals surface area contributed by atoms with Gasteiger partial charge in [-0.3, -0.25) is 4.57 Å². The topological polar surface area (TPSA) is 126 Å². The second-order valence-corrected chi connectivity index (χ2v) is 5.21. The van der Waals surface area contributed by atoms with Gasteiger partial charge in [0.1, 0.15) is 29.7 Å². The van der Waals surface area contributed by atoms with Gasteiger partial charge in [-0.05, 0) is 6.92 Å². The molecule has 3 heterocycles. The van der Waals surface area contributed by atoms with Crippen LogP contribution in [0, 0.1) is 0 Å². The summed E-state index contributed by atoms with van der Waals surface area (Å²) in [5.74, 6) is 0.553. The van der Waals surface area contributed by atoms with Crippen LogP contribution < -0.4 is 5.32 Å². The van der Waals surface area contributed by atoms with Gasteiger partial charge in [-0.1, -0.05) is 0 Å². The van der Waals surface area contributed by atoms with E-state index in [0.29, 0.717) is 17.0 Å². The molecular weight excluding hydrogens is 278 g/mol. The van der Waals surface area contributed by atoms with Gasteiger partial charge < -0.3 is 25.4 Å². The first-order valence-corrected chi connectivity index (χ1v) is 6.52. The lowest BCUT2D eigenvalue weighted by Crippen LogP contribution is -2.43. The second-order valence-electron chi connectivity index (χ2n) is 5.21. The van der Waals surface area contributed by atoms with E-state index in [9.17, 15) is 15.3 Å². The van der Waals surface area contributed by atoms with Crippen molar-refractivity contribution < 1.29 is 20.1 Å². The Hall–Kier alpha value is -1.81. The molecule has 2 aromatic heterocycles. The summed E-state index contributed by atoms with van der Waals surface area (Å²) in [5.41, 5.74) is -0.241. The van der Waals surface area contributed by atoms with Crippen molar-refractivity contribution in [1.29, 1.82) is 0 Å². The zero-order valence-corrected chi connectivity index (χ0v) is 11.6. The Morgan fingerprint density at radius 1 is 1.38 bits per heavy atom. The van der Waals surface area contributed by atoms with Crippen LogP contribution >= 0.6 is 0 Å². The summed E-state index contributed by atoms with van der Waals surface area (Å²) in [5, 5.41) is 32.5. The summed E-state index contributed by atoms with van der Waals surface area (Å²) >= 11 is 0. The van der Waals surface area contributed by atoms with Crippen molar-refractivity contribution in [2.24, 2.45) is 0 Å². The summed E-state index contributed by atoms with van der Waals surface area (Å²) in [7, 11) is 1.72. The van der Waals surface area contributed by atoms with Crippen molar-refractivity contribution in [2.45, 2.75) is 31.0 Å². The summed E-state index contributed by atoms with van der Waals surface area (Å²) in [4.78, 5) is 12.4. The number of rotatable bonds is 3. The number of imidazole rings is 1. The predicted octanol–water partition coefficient (Wildman–Crippen LogP) is -1.13. The van der Waals surface area contributed by atoms with Crippen LogP contribution in [0.1, 0.15) is 13.2 Å². The molecule has 4 N–H and O–H groups in total. The third-order valence-corrected chi connectivity index (χ3v) is 3.81. The van der Waals surface area contributed by atoms with Crippen molar-refractivity contribution in [1.82, 2.24) is 19.5 Å². The highest BCUT2D eigenvalue weighted by Crippen LogP contribution is 2.38. The van der Waals surface area contributed by atoms with Gasteiger partial charge >= 0.3 is 0 Å². The van der Waals surface area contributed by atoms with Crippen molar-refractivity contribution in [3.8, 4) is 0 Å². The lowest BCUT2D eigenvalue weighted by atomic mass is 9.99. The van der Waals surface area contributed by atoms with Crippen LogP contribution in [-0.4, -0.2) is 66.3 Å². The highest BCUT2D eigenvalue weighted by Gasteiger charge is 2.52. The number of anilines is 1. The van der Waals surface area contributed by atoms with Gasteiger partial charge in [0.05, 0.1) is 12.9 Å². The fraction of sp³-hybridized carbons (Fsp3) is 0.583. The van der Waals surface area contributed by atoms with Gasteiger partial charge in [0.25, 0.3) is 0 Å². The van der Waals surface area contributed by atoms with Crippen LogP contribution in [-0.2, 0) is 4.74 Å². The Balaban J connectivity index is 2.06. The average Bonchev–Trinajstić information content (AvgIpc) is 3.02. The molecule has 0 amide bonds. The fourth-order valence-electron chi connectivity index (χ4n) is 2.51. The Kier molecular flexibility index (Phi) is 3.29. The molecule has 114 valence electrons. The van der Waals surface area contributed by atoms with Crippen LogP contribution in [0.2, 0.25) is 0 Å². The van der Waals surface area contributed by atoms with Gasteiger partial charge in [0.15, 0.2) is 17.7 Å². The maximum Gasteiger partial charge on any atom is 0.167 e. The maximum atomic E-state index is 10.2. The number of aliphatic hydroxyl groups is 3. The molecule has 9 heteroatoms. The molecule has 2 aromatic rings. The molecule has 3 rings (SSSR count). The molecule has 21 heavy (non-hydrogen) atoms. The third-order valence-electron chi connectivity index (χ3n) is 3.81. The van der Waals surface area contributed by atoms with E-state index in [1.807, 2.05) is 0 Å². The van der Waals surface area contributed by atoms with Crippen molar-refractivity contribution in [3.63, 3.8) is 0 Å². The van der Waals surface area contributed by atoms with Gasteiger partial charge in [-0.15, -0.1) is 0 Å². The van der Waals surface area contributed by atoms with Gasteiger partial charge in [-0.2, -0.15) is 0 Å². The van der Waals surface area contributed by atoms with E-state index in [0.717, 1.165) is 0 Å². The summed E-state index contributed by atoms with van der Waals surface area (Å²) in [6.07, 6.45) is -0.468. The number of fused-ring (bicyclic) bond motifs is 1. The van der Waals surface area contributed by atoms with E-state index < -0.39 is 30.6 Å². The average molecular weight is 295 g/mol. The Bertz CT molecular complexity index is 662. The molecule has 0 bridgehead atoms. The largest absolute Gasteiger partial charge is 0.393 e. The number of hydrogen-bond acceptors (Lipinski definition) is 8. The predicted molar refractivity (Wildman–Crippen MR) is 72.5 cm³/mol. The Morgan fingerprint density at radius 3 is 2.76 bits per heavy atom. The Morgan fingerprint density at radius 2 is 2.14 bits per heavy atom. The van der Waals surface area contributed by atoms with Crippen LogP contribution in [0.3, 0.4) is 0 Å². The standard InChI is InChI=1S/C12H17N5O4/c1-12(3-18)8(20)7(19)11(21-12)17-5-16-6-9(13-2)14-4-15-10(6)17/h4-5,7-8,11,18-20H,3H2,1-2H3,(H,13,14,15)/t7-,8+,11-,12-/m1/s1. The molecule has 0 aliphatic carbocycles. The van der Waals surface area contributed by atoms with E-state index in [4.69, 9.17) is 4.74 Å². The van der Waals surface area contributed by atoms with Gasteiger partial charge in [0, 0.05) is 7.05 Å². The van der Waals surface area contributed by atoms with Gasteiger partial charge in [0.2, 0.25) is 0 Å². The smallest absolute Gasteiger partial charge is 0.167 e. The lowest BCUT2D eigenvalue weighted by molar-refractivity contribution is -0.115. The molecule has 1 fully saturated rings. The van der Waals surface area contributed by atoms with E-state index in [1.165, 1.54) is 24.1 Å². The van der Waals surface area contributed by atoms with Crippen molar-refractivity contribution in [3.05, 3.63) is 12.7 Å². The normalized spacial score (nSPS) is 32.7. The minimum absolute atomic E-state index is 0.412. The minimum atomic E-state index is -1.24. The number of nitrogens with zero attached hydrogens (tertiary/aromatic N) is 4. The minimum Gasteiger partial charge on any atom is -0.393 e. The molecule has 0 spiro atoms. The lowest BCUT2D eigenvalue weighted by Gasteiger charge is -2.24. The van der Waals surface area contributed by atoms with E-state index >= 15 is 0 Å². The summed E-state index contributed by atoms with van der Waals surface area (Å²) in [6.45, 7) is 1.12. The van der Waals surface area contributed by atoms with E-state index in [2.05, 4.69) is 20.3 Å². The zero-order chi connectivity index (χ0) is 15.2. The number of nitrogens with one attached hydrogen (secondary N) is 1. The summed E-state index contributed by atoms with van der Waals surface area (Å²) in [6, 6.07) is 0. The second kappa shape index (κ2) is 4.88. The molecule has 4 atom stereocenters. The number of hydrogen-bond donors (Lipinski definition) is 4. The monoisotopic (exact) mass is 295 g/mol. The number of aliphatic hydroxyl groups excluding tert-OH is 3. The number of aromatic nitrogens is 4. The molecule has 0 saturated carbocycles. The van der Waals surface area contributed by atoms with E-state index in [1.54, 1.807) is 7.05 Å². The van der Waals surface area contributed by atoms with Crippen LogP contribution in [0.25, 0.3) is 11.2 Å². The molecule has 1 aliphatic rings. The molecule has 1 saturated heterocycles. The van der Waals surface area contributed by atoms with E-state index in [-0.39, 0.29) is 0 Å². The molecule has 0 radical (unpaired) electrons. The maximum absolute atomic E-state index is 10.2. The first kappa shape index (κ1) is 14.1. The fourth-order valence-corrected chi connectivity index (χ4v) is 2.51. The van der Waals surface area contributed by atoms with Crippen molar-refractivity contribution in [2.75, 3.05) is 19.0 Å². The molecule has 0 aromatic carbocycles. The first-order chi connectivity index (χ1) is 10.0. The molecule has 9 nitrogen and oxygen atoms in total. The molecule has 1 aliphatic heterocycles. The summed E-state index contributed by atoms with van der Waals surface area (Å²) < 4.78 is 7.16. The van der Waals surface area contributed by atoms with Gasteiger partial charge in [-0.25, -0.2) is 15.0 Å². The van der Waals surface area contributed by atoms with Crippen molar-refractivity contribution >= 4 is 17.0 Å². The highest BCUT2D eigenvalue weighted by molar-refractivity contribution is 5.82. The SMILES string of the molecule is CNc1ncnc2c1ncn2[C@@H]1O[C@](C)(CO)[C@@H](O)[C@H]1O. The third kappa shape index (κ3) is 1.97. The number of ether oxygens (including phenoxy) is 1. The van der Waals surface area contributed by atoms with Crippen LogP contribution in [0.5, 0.6) is 0 Å². The first-order valence-electron chi connectivity index (χ1n) is 6.52. The Labute approximate surface area is 120 Å².